The summed E-state index contributed by atoms with van der Waals surface area (Å²) in [4.78, 5) is 0. The van der Waals surface area contributed by atoms with Crippen LogP contribution in [0, 0.1) is 5.41 Å². The van der Waals surface area contributed by atoms with Crippen LogP contribution in [0.5, 0.6) is 0 Å². The van der Waals surface area contributed by atoms with Gasteiger partial charge in [-0.3, -0.25) is 0 Å². The lowest BCUT2D eigenvalue weighted by atomic mass is 9.84. The first kappa shape index (κ1) is 8.50. The minimum atomic E-state index is 0.341. The molecule has 1 aliphatic heterocycles. The maximum absolute atomic E-state index is 5.27. The number of rotatable bonds is 4. The van der Waals surface area contributed by atoms with Crippen LogP contribution < -0.4 is 0 Å². The van der Waals surface area contributed by atoms with Crippen LogP contribution in [-0.4, -0.2) is 25.3 Å². The molecule has 1 aliphatic rings. The Hall–Kier alpha value is 0.400. The molecule has 0 aliphatic carbocycles. The fourth-order valence-electron chi connectivity index (χ4n) is 1.04. The van der Waals surface area contributed by atoms with Gasteiger partial charge in [-0.05, 0) is 6.42 Å². The molecule has 0 aromatic rings. The van der Waals surface area contributed by atoms with Gasteiger partial charge in [-0.2, -0.15) is 0 Å². The van der Waals surface area contributed by atoms with Crippen LogP contribution in [0.2, 0.25) is 0 Å². The summed E-state index contributed by atoms with van der Waals surface area (Å²) in [6, 6.07) is 0. The Morgan fingerprint density at radius 3 is 2.60 bits per heavy atom. The van der Waals surface area contributed by atoms with E-state index >= 15 is 0 Å². The summed E-state index contributed by atoms with van der Waals surface area (Å²) < 4.78 is 10.4. The summed E-state index contributed by atoms with van der Waals surface area (Å²) in [6.07, 6.45) is 1.15. The average Bonchev–Trinajstić information content (AvgIpc) is 1.87. The Balaban J connectivity index is 2.20. The van der Waals surface area contributed by atoms with E-state index in [-0.39, 0.29) is 0 Å². The summed E-state index contributed by atoms with van der Waals surface area (Å²) in [6.45, 7) is 4.75. The normalized spacial score (nSPS) is 22.2. The molecule has 1 rings (SSSR count). The molecule has 60 valence electrons. The van der Waals surface area contributed by atoms with Crippen LogP contribution in [0.15, 0.2) is 0 Å². The molecule has 0 atom stereocenters. The quantitative estimate of drug-likeness (QED) is 0.657. The molecule has 10 heavy (non-hydrogen) atoms. The molecule has 3 heteroatoms. The first-order chi connectivity index (χ1) is 4.83. The topological polar surface area (TPSA) is 18.5 Å². The van der Waals surface area contributed by atoms with Crippen molar-refractivity contribution in [2.75, 3.05) is 25.3 Å². The molecular weight excluding hydrogens is 196 g/mol. The van der Waals surface area contributed by atoms with Crippen molar-refractivity contribution < 1.29 is 9.47 Å². The monoisotopic (exact) mass is 208 g/mol. The number of ether oxygens (including phenoxy) is 2. The zero-order valence-electron chi connectivity index (χ0n) is 6.23. The van der Waals surface area contributed by atoms with Gasteiger partial charge in [0.2, 0.25) is 0 Å². The highest BCUT2D eigenvalue weighted by molar-refractivity contribution is 9.09. The van der Waals surface area contributed by atoms with Crippen molar-refractivity contribution in [1.29, 1.82) is 0 Å². The van der Waals surface area contributed by atoms with Gasteiger partial charge in [-0.15, -0.1) is 0 Å². The van der Waals surface area contributed by atoms with Gasteiger partial charge in [0.1, 0.15) is 5.52 Å². The molecule has 1 heterocycles. The molecule has 0 aromatic carbocycles. The van der Waals surface area contributed by atoms with E-state index in [1.54, 1.807) is 0 Å². The Morgan fingerprint density at radius 1 is 1.60 bits per heavy atom. The smallest absolute Gasteiger partial charge is 0.102 e. The largest absolute Gasteiger partial charge is 0.380 e. The van der Waals surface area contributed by atoms with Crippen LogP contribution in [0.1, 0.15) is 13.3 Å². The third kappa shape index (κ3) is 1.71. The maximum atomic E-state index is 5.27. The van der Waals surface area contributed by atoms with E-state index in [4.69, 9.17) is 9.47 Å². The zero-order valence-corrected chi connectivity index (χ0v) is 7.82. The van der Waals surface area contributed by atoms with E-state index < -0.39 is 0 Å². The van der Waals surface area contributed by atoms with Gasteiger partial charge in [0.25, 0.3) is 0 Å². The molecule has 0 unspecified atom stereocenters. The Bertz CT molecular complexity index is 96.3. The lowest BCUT2D eigenvalue weighted by Crippen LogP contribution is -2.45. The predicted octanol–water partition coefficient (Wildman–Crippen LogP) is 1.78. The fraction of sp³-hybridized carbons (Fsp3) is 1.00. The second kappa shape index (κ2) is 3.69. The van der Waals surface area contributed by atoms with Gasteiger partial charge in [-0.25, -0.2) is 0 Å². The second-order valence-electron chi connectivity index (χ2n) is 2.80. The molecule has 0 N–H and O–H groups in total. The summed E-state index contributed by atoms with van der Waals surface area (Å²) in [5.41, 5.74) is 0.975. The van der Waals surface area contributed by atoms with Crippen molar-refractivity contribution in [2.24, 2.45) is 5.41 Å². The highest BCUT2D eigenvalue weighted by atomic mass is 79.9. The lowest BCUT2D eigenvalue weighted by Gasteiger charge is -2.40. The number of hydrogen-bond donors (Lipinski definition) is 0. The molecule has 1 fully saturated rings. The third-order valence-electron chi connectivity index (χ3n) is 2.05. The predicted molar refractivity (Wildman–Crippen MR) is 43.3 cm³/mol. The first-order valence-electron chi connectivity index (χ1n) is 3.54. The first-order valence-corrected chi connectivity index (χ1v) is 4.66. The number of alkyl halides is 1. The third-order valence-corrected chi connectivity index (χ3v) is 2.38. The number of hydrogen-bond acceptors (Lipinski definition) is 2. The van der Waals surface area contributed by atoms with Crippen LogP contribution in [-0.2, 0) is 9.47 Å². The molecule has 2 nitrogen and oxygen atoms in total. The zero-order chi connectivity index (χ0) is 7.45. The van der Waals surface area contributed by atoms with E-state index in [1.165, 1.54) is 0 Å². The van der Waals surface area contributed by atoms with Crippen molar-refractivity contribution in [3.8, 4) is 0 Å². The highest BCUT2D eigenvalue weighted by Gasteiger charge is 2.36. The average molecular weight is 209 g/mol. The van der Waals surface area contributed by atoms with Gasteiger partial charge >= 0.3 is 0 Å². The Morgan fingerprint density at radius 2 is 2.30 bits per heavy atom. The molecule has 1 saturated heterocycles. The highest BCUT2D eigenvalue weighted by Crippen LogP contribution is 2.31. The van der Waals surface area contributed by atoms with Crippen molar-refractivity contribution in [3.63, 3.8) is 0 Å². The van der Waals surface area contributed by atoms with E-state index in [9.17, 15) is 0 Å². The Labute approximate surface area is 70.0 Å². The van der Waals surface area contributed by atoms with Crippen molar-refractivity contribution in [1.82, 2.24) is 0 Å². The van der Waals surface area contributed by atoms with E-state index in [0.29, 0.717) is 10.9 Å². The van der Waals surface area contributed by atoms with Crippen LogP contribution in [0.25, 0.3) is 0 Å². The van der Waals surface area contributed by atoms with Crippen LogP contribution in [0.4, 0.5) is 0 Å². The minimum Gasteiger partial charge on any atom is -0.380 e. The maximum Gasteiger partial charge on any atom is 0.102 e. The van der Waals surface area contributed by atoms with Crippen molar-refractivity contribution >= 4 is 15.9 Å². The summed E-state index contributed by atoms with van der Waals surface area (Å²) in [5, 5.41) is 0. The SMILES string of the molecule is CCC1(COCBr)COC1. The van der Waals surface area contributed by atoms with Crippen molar-refractivity contribution in [3.05, 3.63) is 0 Å². The fourth-order valence-corrected chi connectivity index (χ4v) is 1.20. The summed E-state index contributed by atoms with van der Waals surface area (Å²) in [5.74, 6) is 0. The van der Waals surface area contributed by atoms with E-state index in [2.05, 4.69) is 22.9 Å². The summed E-state index contributed by atoms with van der Waals surface area (Å²) in [7, 11) is 0. The van der Waals surface area contributed by atoms with Crippen molar-refractivity contribution in [2.45, 2.75) is 13.3 Å². The van der Waals surface area contributed by atoms with Crippen LogP contribution in [0.3, 0.4) is 0 Å². The Kier molecular flexibility index (Phi) is 3.14. The summed E-state index contributed by atoms with van der Waals surface area (Å²) >= 11 is 3.22. The molecule has 0 amide bonds. The van der Waals surface area contributed by atoms with E-state index in [1.807, 2.05) is 0 Å². The van der Waals surface area contributed by atoms with Crippen LogP contribution >= 0.6 is 15.9 Å². The van der Waals surface area contributed by atoms with Gasteiger partial charge in [-0.1, -0.05) is 22.9 Å². The second-order valence-corrected chi connectivity index (χ2v) is 3.26. The van der Waals surface area contributed by atoms with Gasteiger partial charge in [0.15, 0.2) is 0 Å². The number of halogens is 1. The van der Waals surface area contributed by atoms with Gasteiger partial charge in [0.05, 0.1) is 19.8 Å². The van der Waals surface area contributed by atoms with Gasteiger partial charge in [0, 0.05) is 5.41 Å². The van der Waals surface area contributed by atoms with E-state index in [0.717, 1.165) is 26.2 Å². The molecule has 0 radical (unpaired) electrons. The lowest BCUT2D eigenvalue weighted by molar-refractivity contribution is -0.145. The van der Waals surface area contributed by atoms with Gasteiger partial charge < -0.3 is 9.47 Å². The minimum absolute atomic E-state index is 0.341. The molecule has 0 spiro atoms. The standard InChI is InChI=1S/C7H13BrO2/c1-2-7(3-9-4-7)5-10-6-8/h2-6H2,1H3. The molecular formula is C7H13BrO2. The molecule has 0 saturated carbocycles. The molecule has 0 bridgehead atoms. The molecule has 0 aromatic heterocycles.